The van der Waals surface area contributed by atoms with Gasteiger partial charge in [0.15, 0.2) is 6.10 Å². The van der Waals surface area contributed by atoms with Crippen molar-refractivity contribution in [3.63, 3.8) is 0 Å². The molecular formula is C17H20F3IrN2O3-. The third-order valence-corrected chi connectivity index (χ3v) is 3.09. The summed E-state index contributed by atoms with van der Waals surface area (Å²) in [5.74, 6) is 0.800. The number of aromatic nitrogens is 2. The Labute approximate surface area is 163 Å². The first-order valence-electron chi connectivity index (χ1n) is 7.41. The summed E-state index contributed by atoms with van der Waals surface area (Å²) in [5.41, 5.74) is 2.64. The zero-order valence-electron chi connectivity index (χ0n) is 14.4. The number of aliphatic hydroxyl groups is 2. The van der Waals surface area contributed by atoms with Crippen molar-refractivity contribution in [1.29, 1.82) is 0 Å². The fourth-order valence-electron chi connectivity index (χ4n) is 1.84. The Morgan fingerprint density at radius 2 is 1.85 bits per heavy atom. The van der Waals surface area contributed by atoms with E-state index in [2.05, 4.69) is 16.0 Å². The van der Waals surface area contributed by atoms with Crippen LogP contribution < -0.4 is 4.74 Å². The maximum Gasteiger partial charge on any atom is 0.414 e. The largest absolute Gasteiger partial charge is 0.516 e. The predicted molar refractivity (Wildman–Crippen MR) is 86.0 cm³/mol. The van der Waals surface area contributed by atoms with E-state index in [-0.39, 0.29) is 20.1 Å². The summed E-state index contributed by atoms with van der Waals surface area (Å²) < 4.78 is 39.5. The van der Waals surface area contributed by atoms with Crippen molar-refractivity contribution in [2.24, 2.45) is 0 Å². The first-order chi connectivity index (χ1) is 11.6. The summed E-state index contributed by atoms with van der Waals surface area (Å²) in [7, 11) is 1.64. The van der Waals surface area contributed by atoms with E-state index in [0.717, 1.165) is 22.7 Å². The molecule has 1 radical (unpaired) electrons. The Morgan fingerprint density at radius 3 is 2.31 bits per heavy atom. The number of halogens is 3. The van der Waals surface area contributed by atoms with Crippen LogP contribution in [0.2, 0.25) is 0 Å². The SMILES string of the molecule is CC(O)CC(O)C(F)(F)F.COc1cc[c-]c(-c2nccnc2C)c1.[Ir]. The van der Waals surface area contributed by atoms with Crippen LogP contribution in [0.4, 0.5) is 13.2 Å². The fraction of sp³-hybridized carbons (Fsp3) is 0.412. The molecule has 0 amide bonds. The van der Waals surface area contributed by atoms with Crippen molar-refractivity contribution < 1.29 is 48.2 Å². The Balaban J connectivity index is 0.000000504. The molecule has 0 fully saturated rings. The normalized spacial score (nSPS) is 12.9. The van der Waals surface area contributed by atoms with Crippen LogP contribution in [0, 0.1) is 13.0 Å². The van der Waals surface area contributed by atoms with Gasteiger partial charge in [-0.1, -0.05) is 0 Å². The topological polar surface area (TPSA) is 75.5 Å². The second-order valence-corrected chi connectivity index (χ2v) is 5.27. The monoisotopic (exact) mass is 550 g/mol. The molecule has 1 aromatic heterocycles. The zero-order chi connectivity index (χ0) is 19.0. The molecule has 0 saturated carbocycles. The molecule has 26 heavy (non-hydrogen) atoms. The first-order valence-corrected chi connectivity index (χ1v) is 7.41. The van der Waals surface area contributed by atoms with E-state index in [4.69, 9.17) is 14.9 Å². The van der Waals surface area contributed by atoms with Crippen LogP contribution in [0.5, 0.6) is 5.75 Å². The second kappa shape index (κ2) is 11.2. The molecule has 2 unspecified atom stereocenters. The quantitative estimate of drug-likeness (QED) is 0.574. The zero-order valence-corrected chi connectivity index (χ0v) is 16.8. The van der Waals surface area contributed by atoms with Gasteiger partial charge in [-0.15, -0.1) is 29.8 Å². The number of methoxy groups -OCH3 is 1. The standard InChI is InChI=1S/C12H11N2O.C5H9F3O2.Ir/c1-9-12(14-7-6-13-9)10-4-3-5-11(8-10)15-2;1-3(9)2-4(10)5(6,7)8;/h3,5-8H,1-2H3;3-4,9-10H,2H2,1H3;/q-1;;. The van der Waals surface area contributed by atoms with Crippen LogP contribution in [0.25, 0.3) is 11.3 Å². The van der Waals surface area contributed by atoms with Crippen LogP contribution in [0.15, 0.2) is 30.6 Å². The van der Waals surface area contributed by atoms with Crippen LogP contribution in [0.3, 0.4) is 0 Å². The molecule has 2 N–H and O–H groups in total. The summed E-state index contributed by atoms with van der Waals surface area (Å²) >= 11 is 0. The molecule has 1 heterocycles. The minimum Gasteiger partial charge on any atom is -0.516 e. The van der Waals surface area contributed by atoms with Crippen LogP contribution in [-0.2, 0) is 20.1 Å². The smallest absolute Gasteiger partial charge is 0.414 e. The van der Waals surface area contributed by atoms with Crippen molar-refractivity contribution >= 4 is 0 Å². The van der Waals surface area contributed by atoms with Gasteiger partial charge in [-0.3, -0.25) is 4.98 Å². The number of aliphatic hydroxyl groups excluding tert-OH is 2. The number of nitrogens with zero attached hydrogens (tertiary/aromatic N) is 2. The minimum atomic E-state index is -4.61. The minimum absolute atomic E-state index is 0. The van der Waals surface area contributed by atoms with Crippen molar-refractivity contribution in [2.75, 3.05) is 7.11 Å². The van der Waals surface area contributed by atoms with E-state index in [1.54, 1.807) is 19.5 Å². The van der Waals surface area contributed by atoms with Gasteiger partial charge in [-0.2, -0.15) is 13.2 Å². The number of alkyl halides is 3. The van der Waals surface area contributed by atoms with Crippen molar-refractivity contribution in [3.8, 4) is 17.0 Å². The molecule has 1 aromatic carbocycles. The van der Waals surface area contributed by atoms with Gasteiger partial charge < -0.3 is 19.9 Å². The molecule has 2 aromatic rings. The number of ether oxygens (including phenoxy) is 1. The molecule has 5 nitrogen and oxygen atoms in total. The third kappa shape index (κ3) is 8.23. The number of hydrogen-bond donors (Lipinski definition) is 2. The van der Waals surface area contributed by atoms with E-state index in [0.29, 0.717) is 0 Å². The van der Waals surface area contributed by atoms with Crippen LogP contribution in [-0.4, -0.2) is 45.7 Å². The molecular weight excluding hydrogens is 529 g/mol. The van der Waals surface area contributed by atoms with Crippen molar-refractivity contribution in [2.45, 2.75) is 38.7 Å². The summed E-state index contributed by atoms with van der Waals surface area (Å²) in [6, 6.07) is 8.70. The maximum atomic E-state index is 11.4. The molecule has 0 aliphatic carbocycles. The molecule has 0 spiro atoms. The van der Waals surface area contributed by atoms with Gasteiger partial charge in [0, 0.05) is 56.1 Å². The van der Waals surface area contributed by atoms with E-state index in [9.17, 15) is 13.2 Å². The van der Waals surface area contributed by atoms with Gasteiger partial charge in [0.25, 0.3) is 0 Å². The van der Waals surface area contributed by atoms with E-state index in [1.807, 2.05) is 25.1 Å². The summed E-state index contributed by atoms with van der Waals surface area (Å²) in [6.07, 6.45) is -5.46. The fourth-order valence-corrected chi connectivity index (χ4v) is 1.84. The Morgan fingerprint density at radius 1 is 1.23 bits per heavy atom. The maximum absolute atomic E-state index is 11.4. The van der Waals surface area contributed by atoms with Gasteiger partial charge in [0.05, 0.1) is 13.2 Å². The molecule has 0 aliphatic rings. The van der Waals surface area contributed by atoms with Crippen molar-refractivity contribution in [3.05, 3.63) is 42.4 Å². The molecule has 0 aliphatic heterocycles. The molecule has 147 valence electrons. The molecule has 2 rings (SSSR count). The molecule has 2 atom stereocenters. The predicted octanol–water partition coefficient (Wildman–Crippen LogP) is 2.94. The summed E-state index contributed by atoms with van der Waals surface area (Å²) in [6.45, 7) is 3.12. The Hall–Kier alpha value is -1.54. The van der Waals surface area contributed by atoms with Gasteiger partial charge in [-0.25, -0.2) is 0 Å². The molecule has 0 saturated heterocycles. The molecule has 0 bridgehead atoms. The first kappa shape index (κ1) is 24.5. The Kier molecular flexibility index (Phi) is 10.6. The number of hydrogen-bond acceptors (Lipinski definition) is 5. The van der Waals surface area contributed by atoms with Gasteiger partial charge >= 0.3 is 6.18 Å². The van der Waals surface area contributed by atoms with Crippen molar-refractivity contribution in [1.82, 2.24) is 9.97 Å². The van der Waals surface area contributed by atoms with Crippen LogP contribution in [0.1, 0.15) is 19.0 Å². The number of aryl methyl sites for hydroxylation is 1. The summed E-state index contributed by atoms with van der Waals surface area (Å²) in [5, 5.41) is 16.7. The van der Waals surface area contributed by atoms with E-state index in [1.165, 1.54) is 6.92 Å². The van der Waals surface area contributed by atoms with Gasteiger partial charge in [0.1, 0.15) is 0 Å². The van der Waals surface area contributed by atoms with Gasteiger partial charge in [0.2, 0.25) is 0 Å². The van der Waals surface area contributed by atoms with E-state index < -0.39 is 24.8 Å². The molecule has 9 heteroatoms. The number of benzene rings is 1. The third-order valence-electron chi connectivity index (χ3n) is 3.09. The van der Waals surface area contributed by atoms with Crippen LogP contribution >= 0.6 is 0 Å². The average Bonchev–Trinajstić information content (AvgIpc) is 2.54. The second-order valence-electron chi connectivity index (χ2n) is 5.27. The number of rotatable bonds is 4. The van der Waals surface area contributed by atoms with Gasteiger partial charge in [-0.05, 0) is 13.8 Å². The Bertz CT molecular complexity index is 670. The van der Waals surface area contributed by atoms with E-state index >= 15 is 0 Å². The summed E-state index contributed by atoms with van der Waals surface area (Å²) in [4.78, 5) is 8.46. The average molecular weight is 550 g/mol.